The average molecular weight is 724 g/mol. The van der Waals surface area contributed by atoms with Gasteiger partial charge < -0.3 is 15.0 Å². The van der Waals surface area contributed by atoms with E-state index in [4.69, 9.17) is 16.3 Å². The van der Waals surface area contributed by atoms with Crippen molar-refractivity contribution in [2.75, 3.05) is 10.8 Å². The molecule has 8 nitrogen and oxygen atoms in total. The summed E-state index contributed by atoms with van der Waals surface area (Å²) in [7, 11) is -4.26. The Hall–Kier alpha value is -5.12. The molecule has 5 rings (SSSR count). The lowest BCUT2D eigenvalue weighted by atomic mass is 10.0. The van der Waals surface area contributed by atoms with Gasteiger partial charge in [-0.25, -0.2) is 8.42 Å². The summed E-state index contributed by atoms with van der Waals surface area (Å²) in [6.07, 6.45) is 0.907. The fraction of sp³-hybridized carbons (Fsp3) is 0.220. The van der Waals surface area contributed by atoms with Gasteiger partial charge in [0.05, 0.1) is 10.6 Å². The highest BCUT2D eigenvalue weighted by molar-refractivity contribution is 7.92. The fourth-order valence-electron chi connectivity index (χ4n) is 5.50. The summed E-state index contributed by atoms with van der Waals surface area (Å²) in [6.45, 7) is 5.19. The third-order valence-electron chi connectivity index (χ3n) is 8.51. The smallest absolute Gasteiger partial charge is 0.264 e. The largest absolute Gasteiger partial charge is 0.457 e. The van der Waals surface area contributed by atoms with Gasteiger partial charge >= 0.3 is 0 Å². The van der Waals surface area contributed by atoms with Crippen molar-refractivity contribution >= 4 is 39.1 Å². The molecule has 5 aromatic rings. The Morgan fingerprint density at radius 3 is 2.02 bits per heavy atom. The van der Waals surface area contributed by atoms with E-state index in [0.29, 0.717) is 28.5 Å². The van der Waals surface area contributed by atoms with Crippen LogP contribution in [0.25, 0.3) is 0 Å². The summed E-state index contributed by atoms with van der Waals surface area (Å²) < 4.78 is 35.8. The molecule has 1 N–H and O–H groups in total. The number of ether oxygens (including phenoxy) is 1. The van der Waals surface area contributed by atoms with Gasteiger partial charge in [-0.3, -0.25) is 13.9 Å². The summed E-state index contributed by atoms with van der Waals surface area (Å²) in [5.41, 5.74) is 2.70. The molecule has 0 fully saturated rings. The van der Waals surface area contributed by atoms with Gasteiger partial charge in [0.25, 0.3) is 10.0 Å². The molecule has 0 unspecified atom stereocenters. The van der Waals surface area contributed by atoms with Crippen LogP contribution in [-0.4, -0.2) is 43.8 Å². The number of carbonyl (C=O) groups is 2. The second kappa shape index (κ2) is 17.2. The second-order valence-electron chi connectivity index (χ2n) is 12.4. The number of aryl methyl sites for hydroxylation is 1. The van der Waals surface area contributed by atoms with Crippen LogP contribution < -0.4 is 14.4 Å². The van der Waals surface area contributed by atoms with E-state index in [1.165, 1.54) is 17.0 Å². The number of hydrogen-bond acceptors (Lipinski definition) is 5. The lowest BCUT2D eigenvalue weighted by Crippen LogP contribution is -2.54. The van der Waals surface area contributed by atoms with Gasteiger partial charge in [0.2, 0.25) is 11.8 Å². The summed E-state index contributed by atoms with van der Waals surface area (Å²) >= 11 is 6.35. The van der Waals surface area contributed by atoms with E-state index in [2.05, 4.69) is 5.32 Å². The molecule has 0 spiro atoms. The molecule has 10 heteroatoms. The van der Waals surface area contributed by atoms with Gasteiger partial charge in [0.15, 0.2) is 0 Å². The molecule has 2 amide bonds. The SMILES string of the molecule is CC[C@H](C)NC(=O)[C@H](Cc1ccccc1)N(Cc1cccc(Cl)c1)C(=O)CN(c1ccc(Oc2ccccc2)cc1)S(=O)(=O)c1ccc(C)cc1. The zero-order valence-corrected chi connectivity index (χ0v) is 30.5. The van der Waals surface area contributed by atoms with Crippen LogP contribution in [-0.2, 0) is 32.6 Å². The lowest BCUT2D eigenvalue weighted by Gasteiger charge is -2.34. The summed E-state index contributed by atoms with van der Waals surface area (Å²) in [6, 6.07) is 37.6. The van der Waals surface area contributed by atoms with Crippen molar-refractivity contribution in [1.29, 1.82) is 0 Å². The van der Waals surface area contributed by atoms with Crippen LogP contribution in [0.1, 0.15) is 37.0 Å². The van der Waals surface area contributed by atoms with Crippen LogP contribution in [0.5, 0.6) is 11.5 Å². The van der Waals surface area contributed by atoms with E-state index >= 15 is 0 Å². The number of nitrogens with one attached hydrogen (secondary N) is 1. The molecule has 5 aromatic carbocycles. The van der Waals surface area contributed by atoms with E-state index in [1.54, 1.807) is 54.6 Å². The minimum atomic E-state index is -4.26. The first-order chi connectivity index (χ1) is 24.5. The molecule has 0 aliphatic rings. The zero-order chi connectivity index (χ0) is 36.4. The van der Waals surface area contributed by atoms with Crippen molar-refractivity contribution in [1.82, 2.24) is 10.2 Å². The predicted octanol–water partition coefficient (Wildman–Crippen LogP) is 8.19. The second-order valence-corrected chi connectivity index (χ2v) is 14.7. The molecule has 0 aliphatic carbocycles. The van der Waals surface area contributed by atoms with E-state index < -0.39 is 28.5 Å². The first-order valence-corrected chi connectivity index (χ1v) is 18.7. The Morgan fingerprint density at radius 2 is 1.39 bits per heavy atom. The van der Waals surface area contributed by atoms with Gasteiger partial charge in [-0.1, -0.05) is 96.9 Å². The molecule has 0 heterocycles. The third kappa shape index (κ3) is 9.99. The number of carbonyl (C=O) groups excluding carboxylic acids is 2. The van der Waals surface area contributed by atoms with E-state index in [0.717, 1.165) is 15.4 Å². The topological polar surface area (TPSA) is 96.0 Å². The molecule has 51 heavy (non-hydrogen) atoms. The van der Waals surface area contributed by atoms with Gasteiger partial charge in [0, 0.05) is 24.0 Å². The first-order valence-electron chi connectivity index (χ1n) is 16.8. The summed E-state index contributed by atoms with van der Waals surface area (Å²) in [4.78, 5) is 30.3. The standard InChI is InChI=1S/C41H42ClN3O5S/c1-4-31(3)43-41(47)39(27-32-12-7-5-8-13-32)44(28-33-14-11-15-34(42)26-33)40(46)29-45(51(48,49)38-24-18-30(2)19-25-38)35-20-22-37(23-21-35)50-36-16-9-6-10-17-36/h5-26,31,39H,4,27-29H2,1-3H3,(H,43,47)/t31-,39-/m0/s1. The molecular formula is C41H42ClN3O5S. The number of para-hydroxylation sites is 1. The highest BCUT2D eigenvalue weighted by Crippen LogP contribution is 2.29. The lowest BCUT2D eigenvalue weighted by molar-refractivity contribution is -0.140. The number of nitrogens with zero attached hydrogens (tertiary/aromatic N) is 2. The number of rotatable bonds is 15. The molecule has 0 aliphatic heterocycles. The Kier molecular flexibility index (Phi) is 12.5. The van der Waals surface area contributed by atoms with Gasteiger partial charge in [-0.2, -0.15) is 0 Å². The molecular weight excluding hydrogens is 682 g/mol. The van der Waals surface area contributed by atoms with Crippen molar-refractivity contribution < 1.29 is 22.7 Å². The monoisotopic (exact) mass is 723 g/mol. The third-order valence-corrected chi connectivity index (χ3v) is 10.5. The average Bonchev–Trinajstić information content (AvgIpc) is 3.13. The summed E-state index contributed by atoms with van der Waals surface area (Å²) in [5.74, 6) is 0.229. The number of benzene rings is 5. The predicted molar refractivity (Wildman–Crippen MR) is 203 cm³/mol. The van der Waals surface area contributed by atoms with Gasteiger partial charge in [-0.15, -0.1) is 0 Å². The van der Waals surface area contributed by atoms with Crippen LogP contribution in [0.3, 0.4) is 0 Å². The molecule has 264 valence electrons. The van der Waals surface area contributed by atoms with Crippen molar-refractivity contribution in [2.24, 2.45) is 0 Å². The summed E-state index contributed by atoms with van der Waals surface area (Å²) in [5, 5.41) is 3.53. The maximum Gasteiger partial charge on any atom is 0.264 e. The molecule has 0 saturated carbocycles. The normalized spacial score (nSPS) is 12.4. The Labute approximate surface area is 305 Å². The highest BCUT2D eigenvalue weighted by Gasteiger charge is 2.35. The first kappa shape index (κ1) is 37.1. The number of sulfonamides is 1. The van der Waals surface area contributed by atoms with Crippen LogP contribution in [0.2, 0.25) is 5.02 Å². The Balaban J connectivity index is 1.56. The van der Waals surface area contributed by atoms with Crippen molar-refractivity contribution in [3.63, 3.8) is 0 Å². The van der Waals surface area contributed by atoms with Gasteiger partial charge in [0.1, 0.15) is 24.1 Å². The van der Waals surface area contributed by atoms with Crippen LogP contribution in [0.4, 0.5) is 5.69 Å². The molecule has 0 aromatic heterocycles. The van der Waals surface area contributed by atoms with E-state index in [9.17, 15) is 18.0 Å². The van der Waals surface area contributed by atoms with Crippen molar-refractivity contribution in [2.45, 2.75) is 57.1 Å². The Morgan fingerprint density at radius 1 is 0.784 bits per heavy atom. The maximum atomic E-state index is 14.7. The highest BCUT2D eigenvalue weighted by atomic mass is 35.5. The number of anilines is 1. The minimum Gasteiger partial charge on any atom is -0.457 e. The number of hydrogen-bond donors (Lipinski definition) is 1. The van der Waals surface area contributed by atoms with Crippen LogP contribution >= 0.6 is 11.6 Å². The van der Waals surface area contributed by atoms with Crippen molar-refractivity contribution in [3.05, 3.63) is 155 Å². The maximum absolute atomic E-state index is 14.7. The van der Waals surface area contributed by atoms with Crippen LogP contribution in [0, 0.1) is 6.92 Å². The van der Waals surface area contributed by atoms with E-state index in [-0.39, 0.29) is 35.5 Å². The Bertz CT molecular complexity index is 2010. The number of halogens is 1. The molecule has 0 saturated heterocycles. The number of amides is 2. The zero-order valence-electron chi connectivity index (χ0n) is 28.9. The van der Waals surface area contributed by atoms with E-state index in [1.807, 2.05) is 87.5 Å². The van der Waals surface area contributed by atoms with Crippen LogP contribution in [0.15, 0.2) is 138 Å². The fourth-order valence-corrected chi connectivity index (χ4v) is 7.13. The van der Waals surface area contributed by atoms with Crippen molar-refractivity contribution in [3.8, 4) is 11.5 Å². The quantitative estimate of drug-likeness (QED) is 0.118. The molecule has 2 atom stereocenters. The molecule has 0 radical (unpaired) electrons. The van der Waals surface area contributed by atoms with Gasteiger partial charge in [-0.05, 0) is 92.1 Å². The minimum absolute atomic E-state index is 0.0209. The molecule has 0 bridgehead atoms.